The molecule has 0 radical (unpaired) electrons. The molecule has 2 N–H and O–H groups in total. The van der Waals surface area contributed by atoms with Gasteiger partial charge in [0.05, 0.1) is 11.7 Å². The first kappa shape index (κ1) is 22.5. The zero-order valence-corrected chi connectivity index (χ0v) is 17.3. The number of esters is 1. The monoisotopic (exact) mass is 408 g/mol. The Hall–Kier alpha value is -3.74. The van der Waals surface area contributed by atoms with Gasteiger partial charge >= 0.3 is 5.97 Å². The highest BCUT2D eigenvalue weighted by Crippen LogP contribution is 2.14. The van der Waals surface area contributed by atoms with Crippen molar-refractivity contribution in [3.8, 4) is 0 Å². The number of carbonyl (C=O) groups is 4. The van der Waals surface area contributed by atoms with Crippen LogP contribution in [0, 0.1) is 0 Å². The van der Waals surface area contributed by atoms with Gasteiger partial charge in [-0.05, 0) is 70.2 Å². The number of Topliss-reactive ketones (excluding diaryl/α,β-unsaturated/α-hetero) is 1. The Morgan fingerprint density at radius 2 is 1.53 bits per heavy atom. The van der Waals surface area contributed by atoms with E-state index in [0.717, 1.165) is 0 Å². The lowest BCUT2D eigenvalue weighted by Crippen LogP contribution is -2.17. The van der Waals surface area contributed by atoms with Crippen molar-refractivity contribution < 1.29 is 23.9 Å². The van der Waals surface area contributed by atoms with Crippen molar-refractivity contribution in [1.29, 1.82) is 0 Å². The third-order valence-electron chi connectivity index (χ3n) is 3.96. The van der Waals surface area contributed by atoms with E-state index in [2.05, 4.69) is 10.6 Å². The molecule has 0 bridgehead atoms. The van der Waals surface area contributed by atoms with Crippen LogP contribution in [0.2, 0.25) is 0 Å². The van der Waals surface area contributed by atoms with E-state index in [4.69, 9.17) is 4.74 Å². The highest BCUT2D eigenvalue weighted by Gasteiger charge is 2.12. The van der Waals surface area contributed by atoms with Crippen LogP contribution in [0.15, 0.2) is 60.2 Å². The highest BCUT2D eigenvalue weighted by atomic mass is 16.5. The van der Waals surface area contributed by atoms with Gasteiger partial charge in [0, 0.05) is 28.6 Å². The summed E-state index contributed by atoms with van der Waals surface area (Å²) in [6.45, 7) is 6.46. The number of hydrogen-bond acceptors (Lipinski definition) is 5. The average molecular weight is 408 g/mol. The average Bonchev–Trinajstić information content (AvgIpc) is 2.67. The van der Waals surface area contributed by atoms with E-state index in [0.29, 0.717) is 22.5 Å². The van der Waals surface area contributed by atoms with E-state index in [1.165, 1.54) is 26.0 Å². The molecule has 2 amide bonds. The number of nitrogens with one attached hydrogen (secondary N) is 2. The van der Waals surface area contributed by atoms with Gasteiger partial charge in [0.25, 0.3) is 5.91 Å². The van der Waals surface area contributed by atoms with Crippen molar-refractivity contribution in [3.05, 3.63) is 71.3 Å². The smallest absolute Gasteiger partial charge is 0.338 e. The first-order valence-electron chi connectivity index (χ1n) is 9.38. The predicted octanol–water partition coefficient (Wildman–Crippen LogP) is 3.98. The molecule has 0 aliphatic carbocycles. The Bertz CT molecular complexity index is 991. The lowest BCUT2D eigenvalue weighted by atomic mass is 10.1. The summed E-state index contributed by atoms with van der Waals surface area (Å²) in [6.07, 6.45) is 0.920. The number of hydrogen-bond donors (Lipinski definition) is 2. The molecule has 0 atom stereocenters. The summed E-state index contributed by atoms with van der Waals surface area (Å²) in [6, 6.07) is 12.8. The molecule has 7 heteroatoms. The Morgan fingerprint density at radius 1 is 0.867 bits per heavy atom. The maximum Gasteiger partial charge on any atom is 0.338 e. The fourth-order valence-corrected chi connectivity index (χ4v) is 2.46. The third-order valence-corrected chi connectivity index (χ3v) is 3.96. The molecule has 0 aromatic heterocycles. The van der Waals surface area contributed by atoms with Gasteiger partial charge in [0.2, 0.25) is 5.91 Å². The standard InChI is InChI=1S/C23H24N2O5/c1-14(2)30-23(29)18-6-5-7-20(13-18)25-22(28)15(3)12-21(27)24-19-10-8-17(9-11-19)16(4)26/h5-14H,1-4H3,(H,24,27)(H,25,28)/b15-12-. The van der Waals surface area contributed by atoms with Crippen LogP contribution in [-0.2, 0) is 14.3 Å². The van der Waals surface area contributed by atoms with Crippen molar-refractivity contribution >= 4 is 34.9 Å². The number of amides is 2. The zero-order chi connectivity index (χ0) is 22.3. The number of ketones is 1. The summed E-state index contributed by atoms with van der Waals surface area (Å²) in [4.78, 5) is 47.8. The maximum atomic E-state index is 12.4. The van der Waals surface area contributed by atoms with Crippen LogP contribution in [0.25, 0.3) is 0 Å². The van der Waals surface area contributed by atoms with E-state index >= 15 is 0 Å². The topological polar surface area (TPSA) is 102 Å². The largest absolute Gasteiger partial charge is 0.459 e. The molecule has 2 rings (SSSR count). The third kappa shape index (κ3) is 6.70. The minimum absolute atomic E-state index is 0.0678. The highest BCUT2D eigenvalue weighted by molar-refractivity contribution is 6.10. The van der Waals surface area contributed by atoms with Crippen molar-refractivity contribution in [2.75, 3.05) is 10.6 Å². The van der Waals surface area contributed by atoms with Crippen LogP contribution in [-0.4, -0.2) is 29.7 Å². The molecule has 0 heterocycles. The minimum atomic E-state index is -0.483. The zero-order valence-electron chi connectivity index (χ0n) is 17.3. The number of anilines is 2. The van der Waals surface area contributed by atoms with E-state index in [1.54, 1.807) is 56.3 Å². The SMILES string of the molecule is CC(=O)c1ccc(NC(=O)/C=C(/C)C(=O)Nc2cccc(C(=O)OC(C)C)c2)cc1. The quantitative estimate of drug-likeness (QED) is 0.410. The fraction of sp³-hybridized carbons (Fsp3) is 0.217. The molecule has 2 aromatic rings. The molecule has 2 aromatic carbocycles. The summed E-state index contributed by atoms with van der Waals surface area (Å²) in [7, 11) is 0. The molecule has 0 unspecified atom stereocenters. The molecular formula is C23H24N2O5. The number of benzene rings is 2. The van der Waals surface area contributed by atoms with Crippen LogP contribution in [0.1, 0.15) is 48.4 Å². The Balaban J connectivity index is 2.01. The van der Waals surface area contributed by atoms with Gasteiger partial charge in [-0.25, -0.2) is 4.79 Å². The second kappa shape index (κ2) is 10.2. The molecule has 7 nitrogen and oxygen atoms in total. The Kier molecular flexibility index (Phi) is 7.63. The molecule has 0 saturated carbocycles. The van der Waals surface area contributed by atoms with E-state index in [9.17, 15) is 19.2 Å². The van der Waals surface area contributed by atoms with E-state index in [1.807, 2.05) is 0 Å². The summed E-state index contributed by atoms with van der Waals surface area (Å²) in [5, 5.41) is 5.28. The van der Waals surface area contributed by atoms with E-state index in [-0.39, 0.29) is 17.5 Å². The van der Waals surface area contributed by atoms with Crippen molar-refractivity contribution in [1.82, 2.24) is 0 Å². The van der Waals surface area contributed by atoms with Crippen LogP contribution < -0.4 is 10.6 Å². The van der Waals surface area contributed by atoms with Crippen molar-refractivity contribution in [3.63, 3.8) is 0 Å². The lowest BCUT2D eigenvalue weighted by Gasteiger charge is -2.10. The van der Waals surface area contributed by atoms with Gasteiger partial charge < -0.3 is 15.4 Å². The first-order valence-corrected chi connectivity index (χ1v) is 9.38. The fourth-order valence-electron chi connectivity index (χ4n) is 2.46. The lowest BCUT2D eigenvalue weighted by molar-refractivity contribution is -0.114. The van der Waals surface area contributed by atoms with Gasteiger partial charge in [-0.3, -0.25) is 14.4 Å². The molecule has 0 saturated heterocycles. The molecule has 0 spiro atoms. The second-order valence-corrected chi connectivity index (χ2v) is 6.94. The predicted molar refractivity (Wildman–Crippen MR) is 114 cm³/mol. The Morgan fingerprint density at radius 3 is 2.13 bits per heavy atom. The van der Waals surface area contributed by atoms with Crippen LogP contribution in [0.5, 0.6) is 0 Å². The molecule has 0 aliphatic heterocycles. The summed E-state index contributed by atoms with van der Waals surface area (Å²) < 4.78 is 5.14. The van der Waals surface area contributed by atoms with Gasteiger partial charge in [-0.15, -0.1) is 0 Å². The van der Waals surface area contributed by atoms with Crippen LogP contribution >= 0.6 is 0 Å². The molecule has 156 valence electrons. The number of rotatable bonds is 7. The summed E-state index contributed by atoms with van der Waals surface area (Å²) >= 11 is 0. The van der Waals surface area contributed by atoms with Gasteiger partial charge in [-0.1, -0.05) is 6.07 Å². The molecule has 30 heavy (non-hydrogen) atoms. The van der Waals surface area contributed by atoms with Crippen molar-refractivity contribution in [2.24, 2.45) is 0 Å². The molecular weight excluding hydrogens is 384 g/mol. The van der Waals surface area contributed by atoms with Crippen LogP contribution in [0.4, 0.5) is 11.4 Å². The Labute approximate surface area is 175 Å². The summed E-state index contributed by atoms with van der Waals surface area (Å²) in [5.41, 5.74) is 1.95. The van der Waals surface area contributed by atoms with Gasteiger partial charge in [0.15, 0.2) is 5.78 Å². The van der Waals surface area contributed by atoms with Crippen LogP contribution in [0.3, 0.4) is 0 Å². The van der Waals surface area contributed by atoms with Crippen molar-refractivity contribution in [2.45, 2.75) is 33.8 Å². The number of ether oxygens (including phenoxy) is 1. The second-order valence-electron chi connectivity index (χ2n) is 6.94. The first-order chi connectivity index (χ1) is 14.2. The normalized spacial score (nSPS) is 11.0. The molecule has 0 fully saturated rings. The van der Waals surface area contributed by atoms with E-state index < -0.39 is 17.8 Å². The maximum absolute atomic E-state index is 12.4. The minimum Gasteiger partial charge on any atom is -0.459 e. The number of carbonyl (C=O) groups excluding carboxylic acids is 4. The van der Waals surface area contributed by atoms with Gasteiger partial charge in [-0.2, -0.15) is 0 Å². The summed E-state index contributed by atoms with van der Waals surface area (Å²) in [5.74, 6) is -1.51. The van der Waals surface area contributed by atoms with Gasteiger partial charge in [0.1, 0.15) is 0 Å². The molecule has 0 aliphatic rings.